The van der Waals surface area contributed by atoms with E-state index in [0.29, 0.717) is 18.5 Å². The number of nitrogens with one attached hydrogen (secondary N) is 3. The van der Waals surface area contributed by atoms with Gasteiger partial charge < -0.3 is 20.4 Å². The molecule has 1 fully saturated rings. The van der Waals surface area contributed by atoms with Crippen molar-refractivity contribution in [3.63, 3.8) is 0 Å². The Hall–Kier alpha value is -2.07. The molecule has 2 heterocycles. The Bertz CT molecular complexity index is 744. The first-order valence-corrected chi connectivity index (χ1v) is 9.75. The molecule has 2 aromatic rings. The van der Waals surface area contributed by atoms with Gasteiger partial charge in [0.2, 0.25) is 5.91 Å². The highest BCUT2D eigenvalue weighted by molar-refractivity contribution is 14.0. The molecule has 1 amide bonds. The van der Waals surface area contributed by atoms with E-state index in [-0.39, 0.29) is 36.4 Å². The van der Waals surface area contributed by atoms with E-state index in [4.69, 9.17) is 4.42 Å². The third kappa shape index (κ3) is 8.06. The van der Waals surface area contributed by atoms with Crippen molar-refractivity contribution in [2.45, 2.75) is 32.0 Å². The van der Waals surface area contributed by atoms with Crippen LogP contribution in [0.15, 0.2) is 58.1 Å². The fraction of sp³-hybridized carbons (Fsp3) is 0.429. The first-order chi connectivity index (χ1) is 13.7. The van der Waals surface area contributed by atoms with Gasteiger partial charge >= 0.3 is 0 Å². The summed E-state index contributed by atoms with van der Waals surface area (Å²) in [4.78, 5) is 18.7. The highest BCUT2D eigenvalue weighted by Gasteiger charge is 2.20. The molecular weight excluding hydrogens is 481 g/mol. The van der Waals surface area contributed by atoms with Gasteiger partial charge in [-0.3, -0.25) is 14.7 Å². The molecule has 29 heavy (non-hydrogen) atoms. The SMILES string of the molecule is CN=C(NCC(=O)NCc1ccco1)NC1CCN(Cc2ccccc2)CC1.I. The molecule has 1 saturated heterocycles. The van der Waals surface area contributed by atoms with Crippen molar-refractivity contribution in [2.24, 2.45) is 4.99 Å². The lowest BCUT2D eigenvalue weighted by molar-refractivity contribution is -0.120. The second kappa shape index (κ2) is 12.5. The zero-order valence-corrected chi connectivity index (χ0v) is 19.1. The molecule has 0 saturated carbocycles. The van der Waals surface area contributed by atoms with Crippen LogP contribution in [0.25, 0.3) is 0 Å². The van der Waals surface area contributed by atoms with Gasteiger partial charge in [0.05, 0.1) is 19.4 Å². The number of furan rings is 1. The highest BCUT2D eigenvalue weighted by atomic mass is 127. The minimum atomic E-state index is -0.1000. The number of likely N-dealkylation sites (tertiary alicyclic amines) is 1. The summed E-state index contributed by atoms with van der Waals surface area (Å²) < 4.78 is 5.20. The summed E-state index contributed by atoms with van der Waals surface area (Å²) in [7, 11) is 1.72. The predicted octanol–water partition coefficient (Wildman–Crippen LogP) is 2.34. The van der Waals surface area contributed by atoms with Crippen molar-refractivity contribution in [3.8, 4) is 0 Å². The first kappa shape index (κ1) is 23.2. The summed E-state index contributed by atoms with van der Waals surface area (Å²) in [5.74, 6) is 1.30. The van der Waals surface area contributed by atoms with E-state index in [9.17, 15) is 4.79 Å². The van der Waals surface area contributed by atoms with Gasteiger partial charge in [-0.15, -0.1) is 24.0 Å². The quantitative estimate of drug-likeness (QED) is 0.302. The van der Waals surface area contributed by atoms with Crippen molar-refractivity contribution in [1.29, 1.82) is 0 Å². The monoisotopic (exact) mass is 511 g/mol. The number of piperidine rings is 1. The van der Waals surface area contributed by atoms with Gasteiger partial charge in [-0.1, -0.05) is 30.3 Å². The number of hydrogen-bond donors (Lipinski definition) is 3. The van der Waals surface area contributed by atoms with Crippen LogP contribution in [0.1, 0.15) is 24.2 Å². The van der Waals surface area contributed by atoms with Crippen LogP contribution in [0.2, 0.25) is 0 Å². The molecule has 3 N–H and O–H groups in total. The summed E-state index contributed by atoms with van der Waals surface area (Å²) in [5.41, 5.74) is 1.35. The summed E-state index contributed by atoms with van der Waals surface area (Å²) in [6, 6.07) is 14.6. The topological polar surface area (TPSA) is 81.9 Å². The molecule has 8 heteroatoms. The Morgan fingerprint density at radius 3 is 2.55 bits per heavy atom. The van der Waals surface area contributed by atoms with Gasteiger partial charge in [0.25, 0.3) is 0 Å². The lowest BCUT2D eigenvalue weighted by Gasteiger charge is -2.33. The van der Waals surface area contributed by atoms with E-state index in [0.717, 1.165) is 38.2 Å². The van der Waals surface area contributed by atoms with E-state index in [1.165, 1.54) is 5.56 Å². The average molecular weight is 511 g/mol. The van der Waals surface area contributed by atoms with Crippen LogP contribution < -0.4 is 16.0 Å². The number of halogens is 1. The second-order valence-corrected chi connectivity index (χ2v) is 6.96. The molecule has 0 radical (unpaired) electrons. The Kier molecular flexibility index (Phi) is 9.99. The largest absolute Gasteiger partial charge is 0.467 e. The van der Waals surface area contributed by atoms with E-state index >= 15 is 0 Å². The summed E-state index contributed by atoms with van der Waals surface area (Å²) in [5, 5.41) is 9.32. The van der Waals surface area contributed by atoms with Crippen molar-refractivity contribution < 1.29 is 9.21 Å². The predicted molar refractivity (Wildman–Crippen MR) is 125 cm³/mol. The average Bonchev–Trinajstić information content (AvgIpc) is 3.25. The third-order valence-corrected chi connectivity index (χ3v) is 4.86. The molecule has 1 aromatic heterocycles. The number of hydrogen-bond acceptors (Lipinski definition) is 4. The fourth-order valence-corrected chi connectivity index (χ4v) is 3.29. The van der Waals surface area contributed by atoms with Gasteiger partial charge in [-0.2, -0.15) is 0 Å². The molecule has 0 bridgehead atoms. The molecule has 1 aliphatic rings. The van der Waals surface area contributed by atoms with Crippen molar-refractivity contribution in [2.75, 3.05) is 26.7 Å². The van der Waals surface area contributed by atoms with Crippen LogP contribution in [0.5, 0.6) is 0 Å². The molecular formula is C21H30IN5O2. The van der Waals surface area contributed by atoms with Crippen molar-refractivity contribution in [1.82, 2.24) is 20.9 Å². The number of amides is 1. The number of benzene rings is 1. The Balaban J connectivity index is 0.00000300. The molecule has 0 atom stereocenters. The van der Waals surface area contributed by atoms with Gasteiger partial charge in [0.1, 0.15) is 5.76 Å². The second-order valence-electron chi connectivity index (χ2n) is 6.96. The van der Waals surface area contributed by atoms with Gasteiger partial charge in [0, 0.05) is 32.7 Å². The van der Waals surface area contributed by atoms with Crippen LogP contribution in [-0.2, 0) is 17.9 Å². The van der Waals surface area contributed by atoms with Crippen LogP contribution in [0.4, 0.5) is 0 Å². The lowest BCUT2D eigenvalue weighted by Crippen LogP contribution is -2.50. The molecule has 0 spiro atoms. The Morgan fingerprint density at radius 1 is 1.14 bits per heavy atom. The maximum Gasteiger partial charge on any atom is 0.239 e. The minimum Gasteiger partial charge on any atom is -0.467 e. The van der Waals surface area contributed by atoms with Crippen LogP contribution in [0, 0.1) is 0 Å². The summed E-state index contributed by atoms with van der Waals surface area (Å²) in [6.07, 6.45) is 3.70. The molecule has 0 aliphatic carbocycles. The summed E-state index contributed by atoms with van der Waals surface area (Å²) >= 11 is 0. The van der Waals surface area contributed by atoms with Crippen LogP contribution >= 0.6 is 24.0 Å². The van der Waals surface area contributed by atoms with Crippen LogP contribution in [0.3, 0.4) is 0 Å². The molecule has 158 valence electrons. The maximum atomic E-state index is 12.0. The highest BCUT2D eigenvalue weighted by Crippen LogP contribution is 2.13. The fourth-order valence-electron chi connectivity index (χ4n) is 3.29. The number of rotatable bonds is 7. The van der Waals surface area contributed by atoms with Crippen molar-refractivity contribution >= 4 is 35.8 Å². The van der Waals surface area contributed by atoms with Gasteiger partial charge in [0.15, 0.2) is 5.96 Å². The number of carbonyl (C=O) groups excluding carboxylic acids is 1. The smallest absolute Gasteiger partial charge is 0.239 e. The number of nitrogens with zero attached hydrogens (tertiary/aromatic N) is 2. The zero-order valence-electron chi connectivity index (χ0n) is 16.8. The van der Waals surface area contributed by atoms with E-state index in [1.54, 1.807) is 19.4 Å². The number of carbonyl (C=O) groups is 1. The summed E-state index contributed by atoms with van der Waals surface area (Å²) in [6.45, 7) is 3.66. The minimum absolute atomic E-state index is 0. The molecule has 1 aliphatic heterocycles. The number of guanidine groups is 1. The van der Waals surface area contributed by atoms with Crippen LogP contribution in [-0.4, -0.2) is 49.5 Å². The molecule has 0 unspecified atom stereocenters. The van der Waals surface area contributed by atoms with Gasteiger partial charge in [-0.25, -0.2) is 0 Å². The first-order valence-electron chi connectivity index (χ1n) is 9.75. The zero-order chi connectivity index (χ0) is 19.6. The maximum absolute atomic E-state index is 12.0. The van der Waals surface area contributed by atoms with E-state index < -0.39 is 0 Å². The standard InChI is InChI=1S/C21H29N5O2.HI/c1-22-21(24-15-20(27)23-14-19-8-5-13-28-19)25-18-9-11-26(12-10-18)16-17-6-3-2-4-7-17;/h2-8,13,18H,9-12,14-16H2,1H3,(H,23,27)(H2,22,24,25);1H. The van der Waals surface area contributed by atoms with E-state index in [2.05, 4.69) is 56.2 Å². The number of aliphatic imine (C=N–C) groups is 1. The third-order valence-electron chi connectivity index (χ3n) is 4.86. The Labute approximate surface area is 189 Å². The van der Waals surface area contributed by atoms with Gasteiger partial charge in [-0.05, 0) is 30.5 Å². The Morgan fingerprint density at radius 2 is 1.90 bits per heavy atom. The molecule has 7 nitrogen and oxygen atoms in total. The molecule has 1 aromatic carbocycles. The lowest BCUT2D eigenvalue weighted by atomic mass is 10.0. The van der Waals surface area contributed by atoms with E-state index in [1.807, 2.05) is 6.07 Å². The van der Waals surface area contributed by atoms with Crippen molar-refractivity contribution in [3.05, 3.63) is 60.1 Å². The molecule has 3 rings (SSSR count). The normalized spacial score (nSPS) is 15.4.